The number of halogens is 1. The fourth-order valence-corrected chi connectivity index (χ4v) is 5.15. The lowest BCUT2D eigenvalue weighted by Gasteiger charge is -2.22. The third-order valence-electron chi connectivity index (χ3n) is 5.75. The van der Waals surface area contributed by atoms with Crippen LogP contribution in [0.2, 0.25) is 5.02 Å². The summed E-state index contributed by atoms with van der Waals surface area (Å²) in [6.07, 6.45) is 3.92. The molecule has 10 heteroatoms. The summed E-state index contributed by atoms with van der Waals surface area (Å²) in [5.74, 6) is 1.13. The first-order valence-corrected chi connectivity index (χ1v) is 12.1. The van der Waals surface area contributed by atoms with Crippen molar-refractivity contribution in [3.05, 3.63) is 59.4 Å². The molecule has 1 fully saturated rings. The second kappa shape index (κ2) is 8.29. The Morgan fingerprint density at radius 2 is 1.81 bits per heavy atom. The van der Waals surface area contributed by atoms with E-state index in [-0.39, 0.29) is 17.1 Å². The summed E-state index contributed by atoms with van der Waals surface area (Å²) in [6, 6.07) is 9.69. The summed E-state index contributed by atoms with van der Waals surface area (Å²) >= 11 is 5.85. The zero-order valence-electron chi connectivity index (χ0n) is 17.6. The lowest BCUT2D eigenvalue weighted by Crippen LogP contribution is -2.30. The zero-order chi connectivity index (χ0) is 22.2. The van der Waals surface area contributed by atoms with E-state index in [2.05, 4.69) is 27.1 Å². The molecule has 0 saturated heterocycles. The van der Waals surface area contributed by atoms with Crippen LogP contribution in [0.25, 0.3) is 11.4 Å². The van der Waals surface area contributed by atoms with E-state index in [1.54, 1.807) is 6.92 Å². The van der Waals surface area contributed by atoms with Gasteiger partial charge in [0.25, 0.3) is 0 Å². The highest BCUT2D eigenvalue weighted by Crippen LogP contribution is 2.46. The Balaban J connectivity index is 1.66. The van der Waals surface area contributed by atoms with Crippen LogP contribution in [0.1, 0.15) is 44.4 Å². The van der Waals surface area contributed by atoms with Crippen molar-refractivity contribution in [3.8, 4) is 11.4 Å². The highest BCUT2D eigenvalue weighted by molar-refractivity contribution is 7.91. The van der Waals surface area contributed by atoms with Gasteiger partial charge in [0.05, 0.1) is 10.3 Å². The lowest BCUT2D eigenvalue weighted by atomic mass is 10.2. The molecule has 2 heterocycles. The molecule has 1 saturated carbocycles. The van der Waals surface area contributed by atoms with Gasteiger partial charge in [-0.15, -0.1) is 10.2 Å². The van der Waals surface area contributed by atoms with Gasteiger partial charge < -0.3 is 9.30 Å². The van der Waals surface area contributed by atoms with Gasteiger partial charge in [-0.2, -0.15) is 0 Å². The van der Waals surface area contributed by atoms with Gasteiger partial charge in [-0.3, -0.25) is 0 Å². The summed E-state index contributed by atoms with van der Waals surface area (Å²) < 4.78 is 34.1. The lowest BCUT2D eigenvalue weighted by molar-refractivity contribution is 0.0948. The van der Waals surface area contributed by atoms with E-state index in [1.165, 1.54) is 19.5 Å². The molecule has 2 aromatic heterocycles. The van der Waals surface area contributed by atoms with Crippen LogP contribution in [-0.4, -0.2) is 45.5 Å². The van der Waals surface area contributed by atoms with Crippen LogP contribution in [0.3, 0.4) is 0 Å². The molecule has 1 aromatic carbocycles. The Labute approximate surface area is 186 Å². The molecule has 3 aromatic rings. The van der Waals surface area contributed by atoms with Crippen LogP contribution < -0.4 is 0 Å². The molecule has 1 aliphatic rings. The molecule has 0 bridgehead atoms. The fraction of sp³-hybridized carbons (Fsp3) is 0.429. The van der Waals surface area contributed by atoms with Gasteiger partial charge >= 0.3 is 0 Å². The molecule has 2 atom stereocenters. The van der Waals surface area contributed by atoms with Crippen molar-refractivity contribution in [1.82, 2.24) is 24.7 Å². The first-order valence-electron chi connectivity index (χ1n) is 9.97. The number of ether oxygens (including phenoxy) is 1. The van der Waals surface area contributed by atoms with E-state index in [1.807, 2.05) is 34.9 Å². The van der Waals surface area contributed by atoms with E-state index in [9.17, 15) is 8.42 Å². The summed E-state index contributed by atoms with van der Waals surface area (Å²) in [5.41, 5.74) is 0.729. The Kier molecular flexibility index (Phi) is 5.85. The number of sulfone groups is 1. The maximum absolute atomic E-state index is 13.3. The monoisotopic (exact) mass is 461 g/mol. The largest absolute Gasteiger partial charge is 0.372 e. The third kappa shape index (κ3) is 4.35. The minimum absolute atomic E-state index is 0.178. The fourth-order valence-electron chi connectivity index (χ4n) is 3.63. The predicted octanol–water partition coefficient (Wildman–Crippen LogP) is 3.59. The Morgan fingerprint density at radius 1 is 1.16 bits per heavy atom. The smallest absolute Gasteiger partial charge is 0.164 e. The first kappa shape index (κ1) is 21.9. The van der Waals surface area contributed by atoms with E-state index >= 15 is 0 Å². The van der Waals surface area contributed by atoms with Crippen molar-refractivity contribution in [1.29, 1.82) is 0 Å². The van der Waals surface area contributed by atoms with Gasteiger partial charge in [0.15, 0.2) is 21.5 Å². The standard InChI is InChI=1S/C21H24ClN5O3S/c1-14(18(30-3)19-23-11-16(22)12-24-19)31(28,29)13-17-25-26-20(15-7-5-4-6-8-15)27(17)21(2)9-10-21/h4-8,11-12,14,18H,9-10,13H2,1-3H3/t14-,18-/m0/s1. The molecule has 4 rings (SSSR count). The molecule has 1 aliphatic carbocycles. The summed E-state index contributed by atoms with van der Waals surface area (Å²) in [7, 11) is -2.23. The molecular weight excluding hydrogens is 438 g/mol. The van der Waals surface area contributed by atoms with Crippen LogP contribution >= 0.6 is 11.6 Å². The van der Waals surface area contributed by atoms with Crippen molar-refractivity contribution < 1.29 is 13.2 Å². The van der Waals surface area contributed by atoms with Crippen molar-refractivity contribution in [2.45, 2.75) is 49.3 Å². The van der Waals surface area contributed by atoms with Crippen molar-refractivity contribution in [3.63, 3.8) is 0 Å². The van der Waals surface area contributed by atoms with Crippen LogP contribution in [0.4, 0.5) is 0 Å². The van der Waals surface area contributed by atoms with Crippen LogP contribution in [0, 0.1) is 0 Å². The van der Waals surface area contributed by atoms with Crippen molar-refractivity contribution in [2.24, 2.45) is 0 Å². The molecule has 0 radical (unpaired) electrons. The number of benzene rings is 1. The van der Waals surface area contributed by atoms with Gasteiger partial charge in [0, 0.05) is 30.6 Å². The van der Waals surface area contributed by atoms with Crippen LogP contribution in [-0.2, 0) is 25.9 Å². The average Bonchev–Trinajstić information content (AvgIpc) is 3.36. The molecule has 31 heavy (non-hydrogen) atoms. The SMILES string of the molecule is CO[C@H](c1ncc(Cl)cn1)[C@H](C)S(=O)(=O)Cc1nnc(-c2ccccc2)n1C1(C)CC1. The zero-order valence-corrected chi connectivity index (χ0v) is 19.1. The highest BCUT2D eigenvalue weighted by atomic mass is 35.5. The van der Waals surface area contributed by atoms with E-state index in [0.717, 1.165) is 18.4 Å². The van der Waals surface area contributed by atoms with Crippen LogP contribution in [0.5, 0.6) is 0 Å². The summed E-state index contributed by atoms with van der Waals surface area (Å²) in [6.45, 7) is 3.70. The number of methoxy groups -OCH3 is 1. The minimum Gasteiger partial charge on any atom is -0.372 e. The molecule has 0 amide bonds. The first-order chi connectivity index (χ1) is 14.7. The van der Waals surface area contributed by atoms with Gasteiger partial charge in [0.2, 0.25) is 0 Å². The number of hydrogen-bond acceptors (Lipinski definition) is 7. The van der Waals surface area contributed by atoms with Gasteiger partial charge in [0.1, 0.15) is 17.7 Å². The van der Waals surface area contributed by atoms with E-state index in [0.29, 0.717) is 16.7 Å². The van der Waals surface area contributed by atoms with Crippen molar-refractivity contribution in [2.75, 3.05) is 7.11 Å². The summed E-state index contributed by atoms with van der Waals surface area (Å²) in [5, 5.41) is 8.10. The second-order valence-electron chi connectivity index (χ2n) is 8.07. The van der Waals surface area contributed by atoms with Gasteiger partial charge in [-0.25, -0.2) is 18.4 Å². The van der Waals surface area contributed by atoms with Gasteiger partial charge in [-0.1, -0.05) is 41.9 Å². The molecule has 0 spiro atoms. The molecule has 8 nitrogen and oxygen atoms in total. The molecule has 0 N–H and O–H groups in total. The predicted molar refractivity (Wildman–Crippen MR) is 117 cm³/mol. The quantitative estimate of drug-likeness (QED) is 0.505. The minimum atomic E-state index is -3.67. The Morgan fingerprint density at radius 3 is 2.39 bits per heavy atom. The number of hydrogen-bond donors (Lipinski definition) is 0. The maximum Gasteiger partial charge on any atom is 0.164 e. The third-order valence-corrected chi connectivity index (χ3v) is 7.98. The number of nitrogens with zero attached hydrogens (tertiary/aromatic N) is 5. The van der Waals surface area contributed by atoms with Crippen LogP contribution in [0.15, 0.2) is 42.7 Å². The molecule has 0 aliphatic heterocycles. The maximum atomic E-state index is 13.3. The Hall–Kier alpha value is -2.36. The number of rotatable bonds is 8. The molecule has 0 unspecified atom stereocenters. The molecular formula is C21H24ClN5O3S. The number of aromatic nitrogens is 5. The van der Waals surface area contributed by atoms with E-state index < -0.39 is 21.2 Å². The van der Waals surface area contributed by atoms with Gasteiger partial charge in [-0.05, 0) is 26.7 Å². The topological polar surface area (TPSA) is 99.9 Å². The van der Waals surface area contributed by atoms with Crippen molar-refractivity contribution >= 4 is 21.4 Å². The second-order valence-corrected chi connectivity index (χ2v) is 10.9. The molecule has 164 valence electrons. The highest BCUT2D eigenvalue weighted by Gasteiger charge is 2.44. The van der Waals surface area contributed by atoms with E-state index in [4.69, 9.17) is 16.3 Å². The Bertz CT molecular complexity index is 1160. The normalized spacial score (nSPS) is 17.3. The average molecular weight is 462 g/mol. The summed E-state index contributed by atoms with van der Waals surface area (Å²) in [4.78, 5) is 8.27.